The van der Waals surface area contributed by atoms with Gasteiger partial charge in [-0.25, -0.2) is 0 Å². The van der Waals surface area contributed by atoms with Crippen LogP contribution >= 0.6 is 11.8 Å². The van der Waals surface area contributed by atoms with Crippen molar-refractivity contribution in [2.45, 2.75) is 54.7 Å². The van der Waals surface area contributed by atoms with Crippen LogP contribution in [0.25, 0.3) is 0 Å². The molecule has 0 aromatic rings. The number of aliphatic hydroxyl groups is 1. The molecule has 1 saturated heterocycles. The molecular weight excluding hydrogens is 234 g/mol. The van der Waals surface area contributed by atoms with Gasteiger partial charge >= 0.3 is 0 Å². The van der Waals surface area contributed by atoms with Crippen LogP contribution in [0.15, 0.2) is 0 Å². The summed E-state index contributed by atoms with van der Waals surface area (Å²) in [5, 5.41) is 13.9. The number of nitrogens with one attached hydrogen (secondary N) is 1. The predicted molar refractivity (Wildman–Crippen MR) is 66.4 cm³/mol. The van der Waals surface area contributed by atoms with Gasteiger partial charge in [-0.2, -0.15) is 0 Å². The summed E-state index contributed by atoms with van der Waals surface area (Å²) in [5.41, 5.74) is -0.404. The highest BCUT2D eigenvalue weighted by Crippen LogP contribution is 2.64. The molecule has 1 spiro atoms. The molecule has 3 atom stereocenters. The Bertz CT molecular complexity index is 381. The highest BCUT2D eigenvalue weighted by molar-refractivity contribution is 8.02. The SMILES string of the molecule is C[C@H]1SC2(NC1=O)[C@H]1CC3C[C@H]2CC(O)(C3)C1. The zero-order chi connectivity index (χ0) is 11.8. The van der Waals surface area contributed by atoms with Crippen molar-refractivity contribution in [3.8, 4) is 0 Å². The smallest absolute Gasteiger partial charge is 0.234 e. The number of hydrogen-bond acceptors (Lipinski definition) is 3. The van der Waals surface area contributed by atoms with Gasteiger partial charge in [0.1, 0.15) is 0 Å². The number of carbonyl (C=O) groups is 1. The minimum atomic E-state index is -0.404. The lowest BCUT2D eigenvalue weighted by molar-refractivity contribution is -0.150. The van der Waals surface area contributed by atoms with E-state index in [4.69, 9.17) is 0 Å². The van der Waals surface area contributed by atoms with Crippen LogP contribution in [-0.4, -0.2) is 26.7 Å². The van der Waals surface area contributed by atoms with E-state index in [-0.39, 0.29) is 16.0 Å². The van der Waals surface area contributed by atoms with Crippen LogP contribution < -0.4 is 5.32 Å². The molecule has 5 rings (SSSR count). The Morgan fingerprint density at radius 2 is 1.94 bits per heavy atom. The van der Waals surface area contributed by atoms with Crippen LogP contribution in [0.4, 0.5) is 0 Å². The van der Waals surface area contributed by atoms with Crippen molar-refractivity contribution in [2.75, 3.05) is 0 Å². The minimum absolute atomic E-state index is 0.0281. The van der Waals surface area contributed by atoms with E-state index < -0.39 is 5.60 Å². The summed E-state index contributed by atoms with van der Waals surface area (Å²) in [4.78, 5) is 11.8. The third-order valence-electron chi connectivity index (χ3n) is 5.43. The Morgan fingerprint density at radius 3 is 2.41 bits per heavy atom. The highest BCUT2D eigenvalue weighted by Gasteiger charge is 2.65. The maximum absolute atomic E-state index is 11.9. The molecular formula is C13H19NO2S. The van der Waals surface area contributed by atoms with E-state index in [1.165, 1.54) is 12.8 Å². The van der Waals surface area contributed by atoms with Crippen LogP contribution in [0.2, 0.25) is 0 Å². The summed E-state index contributed by atoms with van der Waals surface area (Å²) >= 11 is 1.84. The summed E-state index contributed by atoms with van der Waals surface area (Å²) in [7, 11) is 0. The maximum Gasteiger partial charge on any atom is 0.234 e. The average Bonchev–Trinajstić information content (AvgIpc) is 2.51. The Morgan fingerprint density at radius 1 is 1.29 bits per heavy atom. The van der Waals surface area contributed by atoms with Crippen LogP contribution in [0.3, 0.4) is 0 Å². The molecule has 0 radical (unpaired) electrons. The predicted octanol–water partition coefficient (Wildman–Crippen LogP) is 1.51. The van der Waals surface area contributed by atoms with Crippen molar-refractivity contribution < 1.29 is 9.90 Å². The topological polar surface area (TPSA) is 49.3 Å². The molecule has 4 heteroatoms. The second-order valence-electron chi connectivity index (χ2n) is 6.61. The first kappa shape index (κ1) is 10.7. The van der Waals surface area contributed by atoms with Gasteiger partial charge in [0.25, 0.3) is 0 Å². The number of rotatable bonds is 0. The third kappa shape index (κ3) is 1.26. The van der Waals surface area contributed by atoms with Gasteiger partial charge in [0.15, 0.2) is 0 Å². The molecule has 4 aliphatic carbocycles. The van der Waals surface area contributed by atoms with Gasteiger partial charge in [0.05, 0.1) is 15.7 Å². The van der Waals surface area contributed by atoms with Crippen molar-refractivity contribution in [1.82, 2.24) is 5.32 Å². The Labute approximate surface area is 106 Å². The Kier molecular flexibility index (Phi) is 1.90. The summed E-state index contributed by atoms with van der Waals surface area (Å²) < 4.78 is 0. The van der Waals surface area contributed by atoms with E-state index in [1.807, 2.05) is 18.7 Å². The number of hydrogen-bond donors (Lipinski definition) is 2. The zero-order valence-corrected chi connectivity index (χ0v) is 10.9. The lowest BCUT2D eigenvalue weighted by Crippen LogP contribution is -2.66. The number of carbonyl (C=O) groups excluding carboxylic acids is 1. The molecule has 94 valence electrons. The van der Waals surface area contributed by atoms with Gasteiger partial charge in [0, 0.05) is 0 Å². The lowest BCUT2D eigenvalue weighted by Gasteiger charge is -2.62. The van der Waals surface area contributed by atoms with Crippen molar-refractivity contribution in [3.63, 3.8) is 0 Å². The van der Waals surface area contributed by atoms with Gasteiger partial charge in [-0.3, -0.25) is 4.79 Å². The van der Waals surface area contributed by atoms with Crippen molar-refractivity contribution in [1.29, 1.82) is 0 Å². The molecule has 17 heavy (non-hydrogen) atoms. The summed E-state index contributed by atoms with van der Waals surface area (Å²) in [6.45, 7) is 2.01. The molecule has 1 heterocycles. The average molecular weight is 253 g/mol. The number of amides is 1. The molecule has 0 aromatic heterocycles. The fourth-order valence-corrected chi connectivity index (χ4v) is 6.65. The first-order valence-electron chi connectivity index (χ1n) is 6.73. The van der Waals surface area contributed by atoms with Crippen molar-refractivity contribution in [2.24, 2.45) is 17.8 Å². The van der Waals surface area contributed by atoms with Gasteiger partial charge in [-0.1, -0.05) is 0 Å². The molecule has 4 saturated carbocycles. The summed E-state index contributed by atoms with van der Waals surface area (Å²) in [6, 6.07) is 0. The zero-order valence-electron chi connectivity index (χ0n) is 10.1. The van der Waals surface area contributed by atoms with Gasteiger partial charge in [0.2, 0.25) is 5.91 Å². The molecule has 0 aromatic carbocycles. The second-order valence-corrected chi connectivity index (χ2v) is 8.23. The van der Waals surface area contributed by atoms with Gasteiger partial charge in [-0.05, 0) is 56.8 Å². The van der Waals surface area contributed by atoms with Crippen molar-refractivity contribution in [3.05, 3.63) is 0 Å². The monoisotopic (exact) mass is 253 g/mol. The maximum atomic E-state index is 11.9. The second kappa shape index (κ2) is 3.02. The van der Waals surface area contributed by atoms with E-state index in [0.29, 0.717) is 17.8 Å². The lowest BCUT2D eigenvalue weighted by atomic mass is 9.52. The van der Waals surface area contributed by atoms with Crippen LogP contribution in [0, 0.1) is 17.8 Å². The Balaban J connectivity index is 1.73. The number of thioether (sulfide) groups is 1. The van der Waals surface area contributed by atoms with Crippen molar-refractivity contribution >= 4 is 17.7 Å². The molecule has 2 N–H and O–H groups in total. The molecule has 3 nitrogen and oxygen atoms in total. The largest absolute Gasteiger partial charge is 0.390 e. The van der Waals surface area contributed by atoms with E-state index in [1.54, 1.807) is 0 Å². The van der Waals surface area contributed by atoms with Crippen LogP contribution in [0.5, 0.6) is 0 Å². The normalized spacial score (nSPS) is 60.0. The first-order chi connectivity index (χ1) is 8.01. The first-order valence-corrected chi connectivity index (χ1v) is 7.61. The molecule has 1 amide bonds. The molecule has 4 bridgehead atoms. The highest BCUT2D eigenvalue weighted by atomic mass is 32.2. The van der Waals surface area contributed by atoms with Crippen LogP contribution in [0.1, 0.15) is 39.0 Å². The van der Waals surface area contributed by atoms with Gasteiger partial charge in [-0.15, -0.1) is 11.8 Å². The standard InChI is InChI=1S/C13H19NO2S/c1-7-11(15)14-13(17-7)9-2-8-3-10(13)6-12(16,4-8)5-9/h7-10,16H,2-6H2,1H3,(H,14,15)/t7-,8?,9+,10+,12?,13?/m1/s1. The van der Waals surface area contributed by atoms with Crippen LogP contribution in [-0.2, 0) is 4.79 Å². The van der Waals surface area contributed by atoms with E-state index in [9.17, 15) is 9.90 Å². The van der Waals surface area contributed by atoms with E-state index in [0.717, 1.165) is 19.3 Å². The molecule has 5 fully saturated rings. The Hall–Kier alpha value is -0.220. The van der Waals surface area contributed by atoms with Gasteiger partial charge < -0.3 is 10.4 Å². The van der Waals surface area contributed by atoms with E-state index >= 15 is 0 Å². The third-order valence-corrected chi connectivity index (χ3v) is 7.16. The summed E-state index contributed by atoms with van der Waals surface area (Å²) in [5.74, 6) is 1.90. The minimum Gasteiger partial charge on any atom is -0.390 e. The fourth-order valence-electron chi connectivity index (χ4n) is 4.99. The molecule has 1 aliphatic heterocycles. The quantitative estimate of drug-likeness (QED) is 0.688. The fraction of sp³-hybridized carbons (Fsp3) is 0.923. The molecule has 0 unspecified atom stereocenters. The summed E-state index contributed by atoms with van der Waals surface area (Å²) in [6.07, 6.45) is 5.22. The van der Waals surface area contributed by atoms with E-state index in [2.05, 4.69) is 5.32 Å². The molecule has 5 aliphatic rings.